The highest BCUT2D eigenvalue weighted by molar-refractivity contribution is 5.86. The van der Waals surface area contributed by atoms with Crippen molar-refractivity contribution >= 4 is 16.8 Å². The first-order chi connectivity index (χ1) is 15.8. The predicted octanol–water partition coefficient (Wildman–Crippen LogP) is 5.32. The molecule has 1 atom stereocenters. The molecule has 176 valence electrons. The lowest BCUT2D eigenvalue weighted by Crippen LogP contribution is -2.38. The smallest absolute Gasteiger partial charge is 0.355 e. The summed E-state index contributed by atoms with van der Waals surface area (Å²) in [6.45, 7) is 3.45. The number of fused-ring (bicyclic) bond motifs is 1. The van der Waals surface area contributed by atoms with Crippen molar-refractivity contribution in [2.75, 3.05) is 26.2 Å². The normalized spacial score (nSPS) is 16.1. The highest BCUT2D eigenvalue weighted by Gasteiger charge is 2.32. The van der Waals surface area contributed by atoms with E-state index in [1.54, 1.807) is 6.07 Å². The molecule has 1 fully saturated rings. The van der Waals surface area contributed by atoms with Crippen LogP contribution in [-0.4, -0.2) is 41.6 Å². The number of halogens is 3. The lowest BCUT2D eigenvalue weighted by atomic mass is 9.87. The van der Waals surface area contributed by atoms with Gasteiger partial charge >= 0.3 is 6.18 Å². The third-order valence-electron chi connectivity index (χ3n) is 6.51. The van der Waals surface area contributed by atoms with Crippen LogP contribution in [0.25, 0.3) is 10.9 Å². The van der Waals surface area contributed by atoms with Gasteiger partial charge in [0.25, 0.3) is 0 Å². The van der Waals surface area contributed by atoms with Crippen LogP contribution in [-0.2, 0) is 18.0 Å². The summed E-state index contributed by atoms with van der Waals surface area (Å²) < 4.78 is 42.2. The van der Waals surface area contributed by atoms with Gasteiger partial charge in [-0.3, -0.25) is 4.79 Å². The third kappa shape index (κ3) is 5.58. The summed E-state index contributed by atoms with van der Waals surface area (Å²) in [7, 11) is 1.91. The number of carbonyl (C=O) groups is 1. The maximum atomic E-state index is 13.4. The summed E-state index contributed by atoms with van der Waals surface area (Å²) in [6.07, 6.45) is 1.22. The fraction of sp³-hybridized carbons (Fsp3) is 0.423. The number of aromatic nitrogens is 1. The summed E-state index contributed by atoms with van der Waals surface area (Å²) in [6, 6.07) is 13.1. The Morgan fingerprint density at radius 1 is 1.06 bits per heavy atom. The number of para-hydroxylation sites is 1. The molecule has 4 nitrogen and oxygen atoms in total. The van der Waals surface area contributed by atoms with E-state index in [0.717, 1.165) is 42.2 Å². The summed E-state index contributed by atoms with van der Waals surface area (Å²) in [5.41, 5.74) is 1.64. The van der Waals surface area contributed by atoms with Crippen LogP contribution in [0.3, 0.4) is 0 Å². The number of carbonyl (C=O) groups excluding carboxylic acids is 1. The third-order valence-corrected chi connectivity index (χ3v) is 6.51. The van der Waals surface area contributed by atoms with Crippen molar-refractivity contribution in [2.24, 2.45) is 7.05 Å². The topological polar surface area (TPSA) is 37.3 Å². The molecule has 0 bridgehead atoms. The number of likely N-dealkylation sites (tertiary alicyclic amines) is 1. The van der Waals surface area contributed by atoms with Crippen LogP contribution in [0, 0.1) is 0 Å². The Bertz CT molecular complexity index is 1100. The molecule has 1 aliphatic rings. The molecule has 1 aromatic heterocycles. The highest BCUT2D eigenvalue weighted by atomic mass is 19.4. The summed E-state index contributed by atoms with van der Waals surface area (Å²) in [5, 5.41) is 3.94. The fourth-order valence-corrected chi connectivity index (χ4v) is 4.78. The zero-order valence-electron chi connectivity index (χ0n) is 18.9. The number of alkyl halides is 3. The molecular formula is C26H30F3N3O. The Kier molecular flexibility index (Phi) is 7.08. The number of hydrogen-bond acceptors (Lipinski definition) is 2. The lowest BCUT2D eigenvalue weighted by molar-refractivity contribution is -0.137. The van der Waals surface area contributed by atoms with E-state index >= 15 is 0 Å². The van der Waals surface area contributed by atoms with Crippen molar-refractivity contribution in [1.82, 2.24) is 14.8 Å². The Morgan fingerprint density at radius 3 is 2.58 bits per heavy atom. The lowest BCUT2D eigenvalue weighted by Gasteiger charge is -2.26. The van der Waals surface area contributed by atoms with E-state index in [0.29, 0.717) is 12.1 Å². The van der Waals surface area contributed by atoms with Gasteiger partial charge in [0, 0.05) is 49.6 Å². The van der Waals surface area contributed by atoms with E-state index in [-0.39, 0.29) is 12.3 Å². The molecule has 4 rings (SSSR count). The minimum atomic E-state index is -4.43. The molecule has 0 aliphatic carbocycles. The van der Waals surface area contributed by atoms with Gasteiger partial charge < -0.3 is 14.8 Å². The molecule has 2 aromatic carbocycles. The van der Waals surface area contributed by atoms with Gasteiger partial charge in [-0.25, -0.2) is 0 Å². The molecule has 0 spiro atoms. The molecule has 1 aliphatic heterocycles. The molecule has 3 aromatic rings. The average molecular weight is 458 g/mol. The standard InChI is InChI=1S/C26H30F3N3O/c1-31-18-23(21-10-3-4-11-24(21)31)22(19-8-7-9-20(16-19)26(27,28)29)17-25(33)30-12-15-32-13-5-2-6-14-32/h3-4,7-11,16,18,22H,2,5-6,12-15,17H2,1H3,(H,30,33)/t22-/m0/s1. The van der Waals surface area contributed by atoms with Crippen LogP contribution in [0.5, 0.6) is 0 Å². The van der Waals surface area contributed by atoms with Crippen LogP contribution < -0.4 is 5.32 Å². The maximum absolute atomic E-state index is 13.4. The minimum Gasteiger partial charge on any atom is -0.355 e. The number of amides is 1. The van der Waals surface area contributed by atoms with E-state index in [9.17, 15) is 18.0 Å². The molecule has 1 amide bonds. The first kappa shape index (κ1) is 23.4. The summed E-state index contributed by atoms with van der Waals surface area (Å²) in [5.74, 6) is -0.629. The predicted molar refractivity (Wildman–Crippen MR) is 124 cm³/mol. The van der Waals surface area contributed by atoms with Gasteiger partial charge in [-0.2, -0.15) is 13.2 Å². The van der Waals surface area contributed by atoms with Gasteiger partial charge in [-0.05, 0) is 49.2 Å². The first-order valence-electron chi connectivity index (χ1n) is 11.5. The van der Waals surface area contributed by atoms with Crippen molar-refractivity contribution in [3.63, 3.8) is 0 Å². The molecule has 1 N–H and O–H groups in total. The van der Waals surface area contributed by atoms with Crippen molar-refractivity contribution in [2.45, 2.75) is 37.8 Å². The van der Waals surface area contributed by atoms with Gasteiger partial charge in [-0.15, -0.1) is 0 Å². The largest absolute Gasteiger partial charge is 0.416 e. The monoisotopic (exact) mass is 457 g/mol. The molecule has 0 radical (unpaired) electrons. The zero-order chi connectivity index (χ0) is 23.4. The molecule has 7 heteroatoms. The Morgan fingerprint density at radius 2 is 1.82 bits per heavy atom. The van der Waals surface area contributed by atoms with E-state index < -0.39 is 17.7 Å². The fourth-order valence-electron chi connectivity index (χ4n) is 4.78. The Balaban J connectivity index is 1.58. The summed E-state index contributed by atoms with van der Waals surface area (Å²) >= 11 is 0. The number of nitrogens with one attached hydrogen (secondary N) is 1. The van der Waals surface area contributed by atoms with Gasteiger partial charge in [0.2, 0.25) is 5.91 Å². The SMILES string of the molecule is Cn1cc([C@@H](CC(=O)NCCN2CCCCC2)c2cccc(C(F)(F)F)c2)c2ccccc21. The van der Waals surface area contributed by atoms with Crippen molar-refractivity contribution < 1.29 is 18.0 Å². The molecule has 1 saturated heterocycles. The number of piperidine rings is 1. The second-order valence-corrected chi connectivity index (χ2v) is 8.84. The first-order valence-corrected chi connectivity index (χ1v) is 11.5. The quantitative estimate of drug-likeness (QED) is 0.521. The summed E-state index contributed by atoms with van der Waals surface area (Å²) in [4.78, 5) is 15.3. The van der Waals surface area contributed by atoms with Crippen LogP contribution in [0.4, 0.5) is 13.2 Å². The van der Waals surface area contributed by atoms with Gasteiger partial charge in [0.15, 0.2) is 0 Å². The van der Waals surface area contributed by atoms with Crippen molar-refractivity contribution in [3.8, 4) is 0 Å². The maximum Gasteiger partial charge on any atom is 0.416 e. The second kappa shape index (κ2) is 10.00. The second-order valence-electron chi connectivity index (χ2n) is 8.84. The zero-order valence-corrected chi connectivity index (χ0v) is 18.9. The molecule has 0 saturated carbocycles. The number of hydrogen-bond donors (Lipinski definition) is 1. The van der Waals surface area contributed by atoms with E-state index in [4.69, 9.17) is 0 Å². The van der Waals surface area contributed by atoms with Crippen LogP contribution >= 0.6 is 0 Å². The van der Waals surface area contributed by atoms with E-state index in [1.165, 1.54) is 31.4 Å². The van der Waals surface area contributed by atoms with Crippen LogP contribution in [0.2, 0.25) is 0 Å². The number of rotatable bonds is 7. The van der Waals surface area contributed by atoms with E-state index in [2.05, 4.69) is 10.2 Å². The Hall–Kier alpha value is -2.80. The Labute approximate surface area is 192 Å². The van der Waals surface area contributed by atoms with Gasteiger partial charge in [0.1, 0.15) is 0 Å². The van der Waals surface area contributed by atoms with Gasteiger partial charge in [0.05, 0.1) is 5.56 Å². The molecule has 2 heterocycles. The highest BCUT2D eigenvalue weighted by Crippen LogP contribution is 2.37. The number of nitrogens with zero attached hydrogens (tertiary/aromatic N) is 2. The van der Waals surface area contributed by atoms with Gasteiger partial charge in [-0.1, -0.05) is 42.8 Å². The number of benzene rings is 2. The van der Waals surface area contributed by atoms with Crippen molar-refractivity contribution in [1.29, 1.82) is 0 Å². The minimum absolute atomic E-state index is 0.0926. The van der Waals surface area contributed by atoms with Crippen LogP contribution in [0.15, 0.2) is 54.7 Å². The molecule has 33 heavy (non-hydrogen) atoms. The average Bonchev–Trinajstić information content (AvgIpc) is 3.14. The van der Waals surface area contributed by atoms with Crippen molar-refractivity contribution in [3.05, 3.63) is 71.4 Å². The molecule has 0 unspecified atom stereocenters. The van der Waals surface area contributed by atoms with E-state index in [1.807, 2.05) is 42.1 Å². The molecular weight excluding hydrogens is 427 g/mol. The number of aryl methyl sites for hydroxylation is 1. The van der Waals surface area contributed by atoms with Crippen LogP contribution in [0.1, 0.15) is 48.3 Å².